The minimum absolute atomic E-state index is 0.172. The van der Waals surface area contributed by atoms with Crippen molar-refractivity contribution < 1.29 is 83.6 Å². The molecule has 10 atom stereocenters. The maximum Gasteiger partial charge on any atom is 0.397 e. The number of carbonyl (C=O) groups is 2. The zero-order valence-electron chi connectivity index (χ0n) is 41.6. The summed E-state index contributed by atoms with van der Waals surface area (Å²) in [6, 6.07) is 25.3. The number of ether oxygens (including phenoxy) is 10. The Bertz CT molecular complexity index is 2220. The normalized spacial score (nSPS) is 25.8. The molecular weight excluding hydrogens is 967 g/mol. The molecule has 2 saturated heterocycles. The van der Waals surface area contributed by atoms with Gasteiger partial charge in [-0.25, -0.2) is 8.98 Å². The highest BCUT2D eigenvalue weighted by Gasteiger charge is 2.58. The number of nitrogens with zero attached hydrogens (tertiary/aromatic N) is 1. The molecule has 1 N–H and O–H groups in total. The van der Waals surface area contributed by atoms with E-state index in [1.54, 1.807) is 24.3 Å². The van der Waals surface area contributed by atoms with E-state index in [9.17, 15) is 27.7 Å². The van der Waals surface area contributed by atoms with Gasteiger partial charge in [-0.05, 0) is 52.0 Å². The Morgan fingerprint density at radius 3 is 1.91 bits per heavy atom. The molecule has 2 aliphatic heterocycles. The van der Waals surface area contributed by atoms with Crippen molar-refractivity contribution in [1.29, 1.82) is 0 Å². The molecule has 2 aliphatic rings. The topological polar surface area (TPSA) is 235 Å². The van der Waals surface area contributed by atoms with Crippen LogP contribution in [0.5, 0.6) is 5.75 Å². The zero-order chi connectivity index (χ0) is 51.4. The maximum absolute atomic E-state index is 13.7. The van der Waals surface area contributed by atoms with Crippen LogP contribution in [0.25, 0.3) is 0 Å². The molecule has 19 nitrogen and oxygen atoms in total. The van der Waals surface area contributed by atoms with E-state index in [4.69, 9.17) is 56.0 Å². The SMILES string of the molecule is COC(=O)[C@H]1O[C@H](OC)[C@H](OC(C)=O)[C@@H](OCOCC[Si](C)(C)C)[C@@H]1O[C@H]1O[C@H](CO[Si](c2ccccc2)(c2ccccc2)C(C)(C)C)[C@@H](OCc2ccc(OC)cc2)[C@H](OS(=O)(=O)O)[C@H]1N=C(C)[O-]. The number of benzene rings is 3. The van der Waals surface area contributed by atoms with Gasteiger partial charge in [-0.3, -0.25) is 14.3 Å². The Hall–Kier alpha value is -4.15. The van der Waals surface area contributed by atoms with Gasteiger partial charge in [-0.1, -0.05) is 113 Å². The standard InChI is InChI=1S/C48H69NO18SSi2/c1-31(50)49-38-40(67-68(53,54)55)39(60-28-33-22-24-34(56-6)25-23-33)37(29-62-70(48(3,4)5,35-18-14-12-15-19-35)36-20-16-13-17-21-36)64-46(38)65-42-41(61-30-59-26-27-69(9,10)11)44(63-32(2)51)47(58-8)66-43(42)45(52)57-7/h12-25,37-44,46-47H,26-30H2,1-11H3,(H,49,50)(H,53,54,55)/p-1/t37-,38-,39-,40-,41+,42+,43+,44-,46-,47+/m1/s1. The highest BCUT2D eigenvalue weighted by Crippen LogP contribution is 2.40. The van der Waals surface area contributed by atoms with Gasteiger partial charge in [0.1, 0.15) is 49.1 Å². The van der Waals surface area contributed by atoms with Crippen LogP contribution in [0, 0.1) is 0 Å². The van der Waals surface area contributed by atoms with Gasteiger partial charge in [-0.15, -0.1) is 0 Å². The van der Waals surface area contributed by atoms with Gasteiger partial charge in [0, 0.05) is 28.7 Å². The van der Waals surface area contributed by atoms with Crippen molar-refractivity contribution in [3.8, 4) is 5.75 Å². The minimum Gasteiger partial charge on any atom is -0.862 e. The van der Waals surface area contributed by atoms with Crippen molar-refractivity contribution in [3.63, 3.8) is 0 Å². The number of rotatable bonds is 23. The fourth-order valence-corrected chi connectivity index (χ4v) is 14.3. The summed E-state index contributed by atoms with van der Waals surface area (Å²) in [7, 11) is -6.42. The lowest BCUT2D eigenvalue weighted by Gasteiger charge is -2.49. The van der Waals surface area contributed by atoms with E-state index in [2.05, 4.69) is 45.4 Å². The van der Waals surface area contributed by atoms with E-state index in [1.807, 2.05) is 60.7 Å². The Morgan fingerprint density at radius 2 is 1.41 bits per heavy atom. The van der Waals surface area contributed by atoms with Crippen LogP contribution in [-0.4, -0.2) is 150 Å². The highest BCUT2D eigenvalue weighted by molar-refractivity contribution is 7.80. The molecule has 0 amide bonds. The minimum atomic E-state index is -5.37. The summed E-state index contributed by atoms with van der Waals surface area (Å²) in [5.41, 5.74) is 0.619. The van der Waals surface area contributed by atoms with Crippen molar-refractivity contribution in [3.05, 3.63) is 90.5 Å². The molecule has 0 radical (unpaired) electrons. The molecule has 3 aromatic carbocycles. The number of esters is 2. The number of hydrogen-bond donors (Lipinski definition) is 1. The number of hydrogen-bond acceptors (Lipinski definition) is 18. The molecule has 22 heteroatoms. The van der Waals surface area contributed by atoms with Crippen molar-refractivity contribution in [2.75, 3.05) is 41.3 Å². The van der Waals surface area contributed by atoms with Gasteiger partial charge in [0.25, 0.3) is 8.32 Å². The Labute approximate surface area is 413 Å². The van der Waals surface area contributed by atoms with Crippen LogP contribution < -0.4 is 20.2 Å². The highest BCUT2D eigenvalue weighted by atomic mass is 32.3. The Balaban J connectivity index is 1.69. The van der Waals surface area contributed by atoms with Gasteiger partial charge < -0.3 is 56.9 Å². The molecule has 0 spiro atoms. The summed E-state index contributed by atoms with van der Waals surface area (Å²) < 4.78 is 109. The predicted molar refractivity (Wildman–Crippen MR) is 259 cm³/mol. The van der Waals surface area contributed by atoms with E-state index >= 15 is 0 Å². The molecule has 388 valence electrons. The first-order chi connectivity index (χ1) is 33.0. The molecule has 0 unspecified atom stereocenters. The molecule has 2 heterocycles. The van der Waals surface area contributed by atoms with Crippen molar-refractivity contribution >= 4 is 55.0 Å². The zero-order valence-corrected chi connectivity index (χ0v) is 44.5. The Kier molecular flexibility index (Phi) is 20.3. The van der Waals surface area contributed by atoms with Gasteiger partial charge in [0.15, 0.2) is 24.8 Å². The van der Waals surface area contributed by atoms with Gasteiger partial charge in [0.2, 0.25) is 0 Å². The third-order valence-corrected chi connectivity index (χ3v) is 18.9. The van der Waals surface area contributed by atoms with Crippen LogP contribution in [0.4, 0.5) is 0 Å². The van der Waals surface area contributed by atoms with Gasteiger partial charge in [0.05, 0.1) is 27.4 Å². The predicted octanol–water partition coefficient (Wildman–Crippen LogP) is 3.78. The summed E-state index contributed by atoms with van der Waals surface area (Å²) in [6.07, 6.45) is -14.2. The lowest BCUT2D eigenvalue weighted by atomic mass is 9.95. The molecular formula is C48H68NO18SSi2-. The van der Waals surface area contributed by atoms with Crippen LogP contribution in [0.1, 0.15) is 40.2 Å². The van der Waals surface area contributed by atoms with Gasteiger partial charge >= 0.3 is 22.3 Å². The van der Waals surface area contributed by atoms with Crippen LogP contribution in [0.15, 0.2) is 89.9 Å². The number of aliphatic imine (C=N–C) groups is 1. The second kappa shape index (κ2) is 25.0. The van der Waals surface area contributed by atoms with E-state index in [0.29, 0.717) is 17.9 Å². The van der Waals surface area contributed by atoms with Crippen molar-refractivity contribution in [1.82, 2.24) is 0 Å². The monoisotopic (exact) mass is 1030 g/mol. The molecule has 0 aromatic heterocycles. The van der Waals surface area contributed by atoms with Crippen LogP contribution >= 0.6 is 0 Å². The Morgan fingerprint density at radius 1 is 0.800 bits per heavy atom. The second-order valence-electron chi connectivity index (χ2n) is 19.1. The molecule has 5 rings (SSSR count). The van der Waals surface area contributed by atoms with E-state index in [1.165, 1.54) is 14.2 Å². The largest absolute Gasteiger partial charge is 0.862 e. The van der Waals surface area contributed by atoms with Crippen LogP contribution in [0.2, 0.25) is 30.7 Å². The lowest BCUT2D eigenvalue weighted by molar-refractivity contribution is -0.347. The van der Waals surface area contributed by atoms with E-state index in [-0.39, 0.29) is 20.0 Å². The van der Waals surface area contributed by atoms with Crippen LogP contribution in [-0.2, 0) is 77.8 Å². The molecule has 0 bridgehead atoms. The summed E-state index contributed by atoms with van der Waals surface area (Å²) in [5.74, 6) is -2.00. The lowest BCUT2D eigenvalue weighted by Crippen LogP contribution is -2.69. The smallest absolute Gasteiger partial charge is 0.397 e. The second-order valence-corrected chi connectivity index (χ2v) is 30.1. The first kappa shape index (κ1) is 56.8. The van der Waals surface area contributed by atoms with E-state index in [0.717, 1.165) is 37.4 Å². The summed E-state index contributed by atoms with van der Waals surface area (Å²) in [5, 5.41) is 14.4. The summed E-state index contributed by atoms with van der Waals surface area (Å²) in [6.45, 7) is 14.4. The number of methoxy groups -OCH3 is 3. The molecule has 3 aromatic rings. The summed E-state index contributed by atoms with van der Waals surface area (Å²) >= 11 is 0. The van der Waals surface area contributed by atoms with Crippen molar-refractivity contribution in [2.24, 2.45) is 4.99 Å². The van der Waals surface area contributed by atoms with Crippen molar-refractivity contribution in [2.45, 2.75) is 133 Å². The maximum atomic E-state index is 13.7. The molecule has 0 aliphatic carbocycles. The quantitative estimate of drug-likeness (QED) is 0.0271. The molecule has 0 saturated carbocycles. The molecule has 2 fully saturated rings. The third-order valence-electron chi connectivity index (χ3n) is 11.8. The first-order valence-corrected chi connectivity index (χ1v) is 29.8. The fraction of sp³-hybridized carbons (Fsp3) is 0.562. The number of carbonyl (C=O) groups excluding carboxylic acids is 2. The van der Waals surface area contributed by atoms with Gasteiger partial charge in [-0.2, -0.15) is 8.42 Å². The third kappa shape index (κ3) is 15.0. The average Bonchev–Trinajstić information content (AvgIpc) is 3.29. The average molecular weight is 1040 g/mol. The van der Waals surface area contributed by atoms with Crippen LogP contribution in [0.3, 0.4) is 0 Å². The summed E-state index contributed by atoms with van der Waals surface area (Å²) in [4.78, 5) is 30.6. The fourth-order valence-electron chi connectivity index (χ4n) is 8.50. The van der Waals surface area contributed by atoms with E-state index < -0.39 is 111 Å². The first-order valence-electron chi connectivity index (χ1n) is 22.8. The molecule has 70 heavy (non-hydrogen) atoms.